The van der Waals surface area contributed by atoms with Gasteiger partial charge in [-0.15, -0.1) is 0 Å². The molecule has 6 rings (SSSR count). The molecule has 0 N–H and O–H groups in total. The van der Waals surface area contributed by atoms with Crippen LogP contribution in [0.25, 0.3) is 11.0 Å². The van der Waals surface area contributed by atoms with Crippen LogP contribution in [0.5, 0.6) is 5.88 Å². The predicted octanol–water partition coefficient (Wildman–Crippen LogP) is 6.58. The molecule has 0 aliphatic carbocycles. The van der Waals surface area contributed by atoms with Crippen LogP contribution < -0.4 is 4.74 Å². The lowest BCUT2D eigenvalue weighted by molar-refractivity contribution is -0.0592. The summed E-state index contributed by atoms with van der Waals surface area (Å²) in [4.78, 5) is 12.3. The van der Waals surface area contributed by atoms with E-state index in [0.29, 0.717) is 22.4 Å². The summed E-state index contributed by atoms with van der Waals surface area (Å²) in [6.07, 6.45) is 3.44. The average Bonchev–Trinajstić information content (AvgIpc) is 3.22. The Morgan fingerprint density at radius 2 is 1.89 bits per heavy atom. The van der Waals surface area contributed by atoms with Gasteiger partial charge in [0.2, 0.25) is 5.88 Å². The molecule has 6 nitrogen and oxygen atoms in total. The summed E-state index contributed by atoms with van der Waals surface area (Å²) in [7, 11) is 0. The number of piperidine rings is 1. The van der Waals surface area contributed by atoms with Crippen molar-refractivity contribution >= 4 is 45.2 Å². The van der Waals surface area contributed by atoms with Crippen molar-refractivity contribution in [1.29, 1.82) is 0 Å². The zero-order valence-corrected chi connectivity index (χ0v) is 23.9. The van der Waals surface area contributed by atoms with E-state index in [1.807, 2.05) is 12.1 Å². The number of imidazole rings is 1. The summed E-state index contributed by atoms with van der Waals surface area (Å²) in [5.74, 6) is 1.62. The average molecular weight is 647 g/mol. The topological polar surface area (TPSA) is 52.4 Å². The highest BCUT2D eigenvalue weighted by molar-refractivity contribution is 14.1. The third-order valence-corrected chi connectivity index (χ3v) is 8.38. The number of benzene rings is 2. The molecule has 0 amide bonds. The minimum absolute atomic E-state index is 0.115. The quantitative estimate of drug-likeness (QED) is 0.203. The fourth-order valence-corrected chi connectivity index (χ4v) is 5.86. The first-order valence-electron chi connectivity index (χ1n) is 13.0. The summed E-state index contributed by atoms with van der Waals surface area (Å²) in [5, 5.41) is 0.372. The lowest BCUT2D eigenvalue weighted by Crippen LogP contribution is -2.35. The zero-order valence-electron chi connectivity index (χ0n) is 21.0. The van der Waals surface area contributed by atoms with Gasteiger partial charge in [-0.05, 0) is 91.3 Å². The first-order valence-corrected chi connectivity index (χ1v) is 14.5. The van der Waals surface area contributed by atoms with Crippen LogP contribution >= 0.6 is 34.2 Å². The number of hydrogen-bond donors (Lipinski definition) is 0. The summed E-state index contributed by atoms with van der Waals surface area (Å²) in [6.45, 7) is 4.62. The van der Waals surface area contributed by atoms with Crippen molar-refractivity contribution in [2.75, 3.05) is 19.7 Å². The molecule has 1 atom stereocenters. The van der Waals surface area contributed by atoms with Crippen molar-refractivity contribution in [1.82, 2.24) is 19.4 Å². The van der Waals surface area contributed by atoms with Gasteiger partial charge in [0.05, 0.1) is 30.2 Å². The number of fused-ring (bicyclic) bond motifs is 1. The van der Waals surface area contributed by atoms with Crippen LogP contribution in [0.1, 0.15) is 42.3 Å². The molecule has 2 aromatic heterocycles. The van der Waals surface area contributed by atoms with Gasteiger partial charge in [-0.1, -0.05) is 23.7 Å². The summed E-state index contributed by atoms with van der Waals surface area (Å²) in [6, 6.07) is 17.0. The molecular formula is C29H29ClFIN4O2. The second-order valence-electron chi connectivity index (χ2n) is 10.0. The van der Waals surface area contributed by atoms with E-state index in [1.165, 1.54) is 15.2 Å². The molecule has 2 aliphatic heterocycles. The van der Waals surface area contributed by atoms with Crippen LogP contribution in [0.4, 0.5) is 4.39 Å². The largest absolute Gasteiger partial charge is 0.473 e. The van der Waals surface area contributed by atoms with Gasteiger partial charge < -0.3 is 14.0 Å². The minimum Gasteiger partial charge on any atom is -0.473 e. The highest BCUT2D eigenvalue weighted by atomic mass is 127. The Bertz CT molecular complexity index is 1440. The monoisotopic (exact) mass is 646 g/mol. The van der Waals surface area contributed by atoms with Gasteiger partial charge in [0.15, 0.2) is 0 Å². The van der Waals surface area contributed by atoms with Crippen LogP contribution in [0.15, 0.2) is 54.6 Å². The third kappa shape index (κ3) is 5.83. The van der Waals surface area contributed by atoms with E-state index in [-0.39, 0.29) is 18.5 Å². The maximum atomic E-state index is 14.1. The molecule has 0 bridgehead atoms. The Hall–Kier alpha value is -2.27. The van der Waals surface area contributed by atoms with Crippen molar-refractivity contribution < 1.29 is 13.9 Å². The Morgan fingerprint density at radius 1 is 1.05 bits per heavy atom. The van der Waals surface area contributed by atoms with E-state index in [0.717, 1.165) is 69.1 Å². The molecule has 198 valence electrons. The number of hydrogen-bond acceptors (Lipinski definition) is 5. The first-order chi connectivity index (χ1) is 18.5. The van der Waals surface area contributed by atoms with Crippen LogP contribution in [0, 0.1) is 9.39 Å². The molecule has 4 heterocycles. The maximum absolute atomic E-state index is 14.1. The summed E-state index contributed by atoms with van der Waals surface area (Å²) >= 11 is 8.20. The standard InChI is InChI=1S/C29H29ClFIN4O2/c30-21-5-4-20(24(31)14-21)18-38-29-3-1-2-25(34-29)19-8-11-35(12-9-19)17-28-33-26-15-22(32)6-7-27(26)36(28)16-23-10-13-37-23/h1-7,14-15,19,23H,8-13,16-18H2. The SMILES string of the molecule is Fc1cc(Cl)ccc1COc1cccc(C2CCN(Cc3nc4cc(I)ccc4n3CC3CCO3)CC2)n1. The second kappa shape index (κ2) is 11.5. The third-order valence-electron chi connectivity index (χ3n) is 7.48. The van der Waals surface area contributed by atoms with Crippen LogP contribution in [0.2, 0.25) is 5.02 Å². The second-order valence-corrected chi connectivity index (χ2v) is 11.7. The van der Waals surface area contributed by atoms with E-state index in [1.54, 1.807) is 12.1 Å². The molecule has 2 aliphatic rings. The van der Waals surface area contributed by atoms with Crippen molar-refractivity contribution in [2.24, 2.45) is 0 Å². The molecule has 38 heavy (non-hydrogen) atoms. The molecule has 0 saturated carbocycles. The molecule has 9 heteroatoms. The van der Waals surface area contributed by atoms with Gasteiger partial charge in [-0.25, -0.2) is 14.4 Å². The van der Waals surface area contributed by atoms with Gasteiger partial charge in [-0.2, -0.15) is 0 Å². The van der Waals surface area contributed by atoms with E-state index in [9.17, 15) is 4.39 Å². The van der Waals surface area contributed by atoms with Crippen LogP contribution in [0.3, 0.4) is 0 Å². The van der Waals surface area contributed by atoms with Gasteiger partial charge in [0, 0.05) is 38.4 Å². The molecule has 2 saturated heterocycles. The Kier molecular flexibility index (Phi) is 7.83. The van der Waals surface area contributed by atoms with E-state index < -0.39 is 0 Å². The molecule has 0 radical (unpaired) electrons. The number of rotatable bonds is 8. The maximum Gasteiger partial charge on any atom is 0.213 e. The van der Waals surface area contributed by atoms with Crippen molar-refractivity contribution in [2.45, 2.75) is 51.0 Å². The number of nitrogens with zero attached hydrogens (tertiary/aromatic N) is 4. The highest BCUT2D eigenvalue weighted by Gasteiger charge is 2.26. The van der Waals surface area contributed by atoms with Crippen LogP contribution in [-0.2, 0) is 24.4 Å². The fourth-order valence-electron chi connectivity index (χ4n) is 5.23. The first kappa shape index (κ1) is 26.0. The van der Waals surface area contributed by atoms with Gasteiger partial charge in [0.25, 0.3) is 0 Å². The van der Waals surface area contributed by atoms with Gasteiger partial charge in [0.1, 0.15) is 18.2 Å². The lowest BCUT2D eigenvalue weighted by Gasteiger charge is -2.32. The number of halogens is 3. The molecule has 4 aromatic rings. The lowest BCUT2D eigenvalue weighted by atomic mass is 9.93. The molecule has 0 spiro atoms. The number of ether oxygens (including phenoxy) is 2. The number of aromatic nitrogens is 3. The van der Waals surface area contributed by atoms with Gasteiger partial charge in [-0.3, -0.25) is 4.90 Å². The van der Waals surface area contributed by atoms with E-state index in [4.69, 9.17) is 31.0 Å². The van der Waals surface area contributed by atoms with Crippen molar-refractivity contribution in [3.8, 4) is 5.88 Å². The number of pyridine rings is 1. The van der Waals surface area contributed by atoms with Gasteiger partial charge >= 0.3 is 0 Å². The van der Waals surface area contributed by atoms with Crippen molar-refractivity contribution in [3.05, 3.63) is 86.1 Å². The summed E-state index contributed by atoms with van der Waals surface area (Å²) in [5.41, 5.74) is 3.73. The van der Waals surface area contributed by atoms with E-state index >= 15 is 0 Å². The highest BCUT2D eigenvalue weighted by Crippen LogP contribution is 2.30. The predicted molar refractivity (Wildman–Crippen MR) is 154 cm³/mol. The Labute approximate surface area is 240 Å². The molecular weight excluding hydrogens is 618 g/mol. The molecule has 1 unspecified atom stereocenters. The smallest absolute Gasteiger partial charge is 0.213 e. The minimum atomic E-state index is -0.371. The number of likely N-dealkylation sites (tertiary alicyclic amines) is 1. The molecule has 2 fully saturated rings. The Balaban J connectivity index is 1.09. The summed E-state index contributed by atoms with van der Waals surface area (Å²) < 4.78 is 29.2. The Morgan fingerprint density at radius 3 is 2.66 bits per heavy atom. The van der Waals surface area contributed by atoms with Crippen molar-refractivity contribution in [3.63, 3.8) is 0 Å². The van der Waals surface area contributed by atoms with Crippen LogP contribution in [-0.4, -0.2) is 45.2 Å². The normalized spacial score (nSPS) is 18.6. The molecule has 2 aromatic carbocycles. The fraction of sp³-hybridized carbons (Fsp3) is 0.379. The van der Waals surface area contributed by atoms with E-state index in [2.05, 4.69) is 56.3 Å². The zero-order chi connectivity index (χ0) is 26.1.